The van der Waals surface area contributed by atoms with Gasteiger partial charge in [-0.1, -0.05) is 6.92 Å². The van der Waals surface area contributed by atoms with Crippen LogP contribution < -0.4 is 9.64 Å². The van der Waals surface area contributed by atoms with E-state index in [4.69, 9.17) is 9.47 Å². The maximum atomic E-state index is 15.3. The Morgan fingerprint density at radius 1 is 1.24 bits per heavy atom. The van der Waals surface area contributed by atoms with Gasteiger partial charge in [-0.2, -0.15) is 0 Å². The number of esters is 1. The lowest BCUT2D eigenvalue weighted by Gasteiger charge is -2.34. The van der Waals surface area contributed by atoms with Gasteiger partial charge in [0.25, 0.3) is 0 Å². The first kappa shape index (κ1) is 26.1. The summed E-state index contributed by atoms with van der Waals surface area (Å²) in [6, 6.07) is 3.60. The number of halogens is 2. The predicted molar refractivity (Wildman–Crippen MR) is 134 cm³/mol. The highest BCUT2D eigenvalue weighted by Crippen LogP contribution is 2.37. The van der Waals surface area contributed by atoms with Crippen molar-refractivity contribution in [3.8, 4) is 11.6 Å². The molecule has 1 aliphatic carbocycles. The summed E-state index contributed by atoms with van der Waals surface area (Å²) >= 11 is 1.95. The smallest absolute Gasteiger partial charge is 0.340 e. The molecule has 2 aromatic rings. The minimum atomic E-state index is -0.795. The second-order valence-corrected chi connectivity index (χ2v) is 9.94. The highest BCUT2D eigenvalue weighted by Gasteiger charge is 2.33. The summed E-state index contributed by atoms with van der Waals surface area (Å²) in [6.45, 7) is 5.81. The Morgan fingerprint density at radius 3 is 2.50 bits per heavy atom. The molecule has 1 heterocycles. The van der Waals surface area contributed by atoms with E-state index < -0.39 is 11.8 Å². The first-order valence-electron chi connectivity index (χ1n) is 11.2. The molecular weight excluding hydrogens is 554 g/mol. The third-order valence-electron chi connectivity index (χ3n) is 6.06. The number of carbonyl (C=O) groups is 3. The molecule has 1 aromatic carbocycles. The Hall–Kier alpha value is -2.56. The minimum Gasteiger partial charge on any atom is -0.465 e. The fourth-order valence-corrected chi connectivity index (χ4v) is 4.69. The number of ether oxygens (including phenoxy) is 2. The van der Waals surface area contributed by atoms with E-state index in [9.17, 15) is 14.4 Å². The lowest BCUT2D eigenvalue weighted by molar-refractivity contribution is -0.123. The van der Waals surface area contributed by atoms with Crippen LogP contribution in [0.15, 0.2) is 24.4 Å². The number of benzene rings is 1. The van der Waals surface area contributed by atoms with Gasteiger partial charge in [0, 0.05) is 33.9 Å². The maximum Gasteiger partial charge on any atom is 0.340 e. The van der Waals surface area contributed by atoms with Crippen molar-refractivity contribution in [3.05, 3.63) is 44.9 Å². The van der Waals surface area contributed by atoms with Crippen molar-refractivity contribution < 1.29 is 28.2 Å². The van der Waals surface area contributed by atoms with Gasteiger partial charge in [0.15, 0.2) is 17.9 Å². The van der Waals surface area contributed by atoms with Crippen LogP contribution in [0.1, 0.15) is 67.2 Å². The first-order valence-corrected chi connectivity index (χ1v) is 12.3. The number of carbonyl (C=O) groups excluding carboxylic acids is 3. The Morgan fingerprint density at radius 2 is 1.91 bits per heavy atom. The summed E-state index contributed by atoms with van der Waals surface area (Å²) in [5.41, 5.74) is 0.279. The van der Waals surface area contributed by atoms with Crippen LogP contribution in [0.2, 0.25) is 0 Å². The van der Waals surface area contributed by atoms with Crippen molar-refractivity contribution in [2.24, 2.45) is 11.8 Å². The van der Waals surface area contributed by atoms with Gasteiger partial charge in [0.05, 0.1) is 23.9 Å². The van der Waals surface area contributed by atoms with Gasteiger partial charge in [0.2, 0.25) is 11.8 Å². The maximum absolute atomic E-state index is 15.3. The minimum absolute atomic E-state index is 0.0107. The van der Waals surface area contributed by atoms with Crippen molar-refractivity contribution in [1.29, 1.82) is 0 Å². The number of aldehydes is 1. The van der Waals surface area contributed by atoms with Crippen LogP contribution in [-0.4, -0.2) is 36.3 Å². The molecule has 1 fully saturated rings. The number of amides is 1. The molecule has 1 aromatic heterocycles. The van der Waals surface area contributed by atoms with Gasteiger partial charge in [-0.3, -0.25) is 9.59 Å². The summed E-state index contributed by atoms with van der Waals surface area (Å²) < 4.78 is 26.4. The van der Waals surface area contributed by atoms with Gasteiger partial charge < -0.3 is 14.4 Å². The van der Waals surface area contributed by atoms with Crippen LogP contribution in [0.25, 0.3) is 0 Å². The number of methoxy groups -OCH3 is 1. The summed E-state index contributed by atoms with van der Waals surface area (Å²) in [7, 11) is 1.21. The average Bonchev–Trinajstić information content (AvgIpc) is 2.80. The normalized spacial score (nSPS) is 17.9. The van der Waals surface area contributed by atoms with Crippen molar-refractivity contribution in [1.82, 2.24) is 4.98 Å². The summed E-state index contributed by atoms with van der Waals surface area (Å²) in [4.78, 5) is 43.1. The third kappa shape index (κ3) is 5.56. The fraction of sp³-hybridized carbons (Fsp3) is 0.440. The molecule has 0 unspecified atom stereocenters. The van der Waals surface area contributed by atoms with Gasteiger partial charge in [-0.15, -0.1) is 0 Å². The van der Waals surface area contributed by atoms with Gasteiger partial charge in [0.1, 0.15) is 0 Å². The molecule has 0 radical (unpaired) electrons. The molecule has 7 nitrogen and oxygen atoms in total. The molecule has 182 valence electrons. The summed E-state index contributed by atoms with van der Waals surface area (Å²) in [5, 5.41) is 0. The Kier molecular flexibility index (Phi) is 8.62. The van der Waals surface area contributed by atoms with E-state index >= 15 is 4.39 Å². The lowest BCUT2D eigenvalue weighted by Crippen LogP contribution is -2.43. The number of hydrogen-bond acceptors (Lipinski definition) is 6. The highest BCUT2D eigenvalue weighted by atomic mass is 127. The van der Waals surface area contributed by atoms with Gasteiger partial charge >= 0.3 is 5.97 Å². The standard InChI is InChI=1S/C25H28FIN2O5/c1-14(2)29(24(31)16-7-5-15(3)6-8-16)21-12-19(26)22(11-17(21)25(32)33-4)34-23-18(13-30)20(27)9-10-28-23/h9-16H,5-8H2,1-4H3/t15-,16-. The Labute approximate surface area is 212 Å². The quantitative estimate of drug-likeness (QED) is 0.234. The molecule has 1 amide bonds. The molecule has 1 saturated carbocycles. The number of nitrogens with zero attached hydrogens (tertiary/aromatic N) is 2. The predicted octanol–water partition coefficient (Wildman–Crippen LogP) is 5.78. The molecule has 0 spiro atoms. The van der Waals surface area contributed by atoms with Gasteiger partial charge in [-0.25, -0.2) is 14.2 Å². The monoisotopic (exact) mass is 582 g/mol. The zero-order valence-electron chi connectivity index (χ0n) is 19.6. The van der Waals surface area contributed by atoms with E-state index in [1.54, 1.807) is 6.07 Å². The van der Waals surface area contributed by atoms with Crippen molar-refractivity contribution >= 4 is 46.4 Å². The van der Waals surface area contributed by atoms with Crippen LogP contribution >= 0.6 is 22.6 Å². The largest absolute Gasteiger partial charge is 0.465 e. The van der Waals surface area contributed by atoms with Crippen LogP contribution in [0, 0.1) is 21.2 Å². The fourth-order valence-electron chi connectivity index (χ4n) is 4.17. The van der Waals surface area contributed by atoms with E-state index in [2.05, 4.69) is 11.9 Å². The van der Waals surface area contributed by atoms with Crippen LogP contribution in [0.4, 0.5) is 10.1 Å². The zero-order chi connectivity index (χ0) is 25.0. The van der Waals surface area contributed by atoms with Crippen LogP contribution in [0.3, 0.4) is 0 Å². The average molecular weight is 582 g/mol. The topological polar surface area (TPSA) is 85.8 Å². The van der Waals surface area contributed by atoms with E-state index in [-0.39, 0.29) is 46.3 Å². The van der Waals surface area contributed by atoms with Gasteiger partial charge in [-0.05, 0) is 74.1 Å². The number of pyridine rings is 1. The molecule has 0 aliphatic heterocycles. The molecular formula is C25H28FIN2O5. The molecule has 0 atom stereocenters. The van der Waals surface area contributed by atoms with E-state index in [1.807, 2.05) is 36.4 Å². The molecule has 0 N–H and O–H groups in total. The van der Waals surface area contributed by atoms with E-state index in [1.165, 1.54) is 24.3 Å². The van der Waals surface area contributed by atoms with Crippen molar-refractivity contribution in [3.63, 3.8) is 0 Å². The molecule has 0 bridgehead atoms. The lowest BCUT2D eigenvalue weighted by atomic mass is 9.82. The van der Waals surface area contributed by atoms with Crippen LogP contribution in [0.5, 0.6) is 11.6 Å². The first-order chi connectivity index (χ1) is 16.2. The molecule has 3 rings (SSSR count). The molecule has 9 heteroatoms. The molecule has 1 aliphatic rings. The molecule has 0 saturated heterocycles. The molecule has 34 heavy (non-hydrogen) atoms. The van der Waals surface area contributed by atoms with Crippen molar-refractivity contribution in [2.75, 3.05) is 12.0 Å². The van der Waals surface area contributed by atoms with E-state index in [0.717, 1.165) is 31.7 Å². The van der Waals surface area contributed by atoms with E-state index in [0.29, 0.717) is 15.8 Å². The van der Waals surface area contributed by atoms with Crippen LogP contribution in [-0.2, 0) is 9.53 Å². The number of aromatic nitrogens is 1. The summed E-state index contributed by atoms with van der Waals surface area (Å²) in [5.74, 6) is -1.67. The zero-order valence-corrected chi connectivity index (χ0v) is 21.8. The highest BCUT2D eigenvalue weighted by molar-refractivity contribution is 14.1. The second-order valence-electron chi connectivity index (χ2n) is 8.78. The number of hydrogen-bond donors (Lipinski definition) is 0. The Bertz CT molecular complexity index is 1080. The second kappa shape index (κ2) is 11.2. The number of anilines is 1. The SMILES string of the molecule is COC(=O)c1cc(Oc2nccc(I)c2C=O)c(F)cc1N(C(=O)[C@H]1CC[C@H](C)CC1)C(C)C. The summed E-state index contributed by atoms with van der Waals surface area (Å²) in [6.07, 6.45) is 5.43. The number of rotatable bonds is 7. The third-order valence-corrected chi connectivity index (χ3v) is 7.00. The Balaban J connectivity index is 2.05. The van der Waals surface area contributed by atoms with Crippen molar-refractivity contribution in [2.45, 2.75) is 52.5 Å².